The number of aryl methyl sites for hydroxylation is 1. The highest BCUT2D eigenvalue weighted by molar-refractivity contribution is 5.93. The van der Waals surface area contributed by atoms with E-state index in [4.69, 9.17) is 11.5 Å². The Morgan fingerprint density at radius 2 is 1.58 bits per heavy atom. The first-order valence-corrected chi connectivity index (χ1v) is 14.4. The number of carbonyl (C=O) groups is 3. The van der Waals surface area contributed by atoms with Gasteiger partial charge in [0.05, 0.1) is 12.6 Å². The van der Waals surface area contributed by atoms with Crippen molar-refractivity contribution in [3.63, 3.8) is 0 Å². The zero-order valence-electron chi connectivity index (χ0n) is 24.1. The molecule has 1 fully saturated rings. The zero-order valence-corrected chi connectivity index (χ0v) is 24.1. The number of nitrogens with two attached hydrogens (primary N) is 2. The molecule has 2 aromatic rings. The lowest BCUT2D eigenvalue weighted by atomic mass is 10.0. The van der Waals surface area contributed by atoms with E-state index >= 15 is 0 Å². The third kappa shape index (κ3) is 10.5. The van der Waals surface area contributed by atoms with Crippen LogP contribution in [0.4, 0.5) is 0 Å². The zero-order chi connectivity index (χ0) is 31.4. The van der Waals surface area contributed by atoms with Gasteiger partial charge in [-0.15, -0.1) is 0 Å². The van der Waals surface area contributed by atoms with Crippen LogP contribution < -0.4 is 22.1 Å². The third-order valence-corrected chi connectivity index (χ3v) is 7.35. The fourth-order valence-corrected chi connectivity index (χ4v) is 5.00. The summed E-state index contributed by atoms with van der Waals surface area (Å²) < 4.78 is 0. The van der Waals surface area contributed by atoms with E-state index in [1.165, 1.54) is 29.2 Å². The van der Waals surface area contributed by atoms with Crippen molar-refractivity contribution in [3.8, 4) is 11.5 Å². The Bertz CT molecular complexity index is 1230. The highest BCUT2D eigenvalue weighted by Gasteiger charge is 2.38. The average molecular weight is 599 g/mol. The predicted molar refractivity (Wildman–Crippen MR) is 160 cm³/mol. The number of aromatic hydroxyl groups is 2. The van der Waals surface area contributed by atoms with Crippen molar-refractivity contribution in [3.05, 3.63) is 59.7 Å². The lowest BCUT2D eigenvalue weighted by molar-refractivity contribution is -0.143. The molecule has 13 heteroatoms. The van der Waals surface area contributed by atoms with Crippen molar-refractivity contribution in [1.29, 1.82) is 0 Å². The number of guanidine groups is 1. The molecule has 1 saturated heterocycles. The first-order chi connectivity index (χ1) is 20.6. The van der Waals surface area contributed by atoms with Crippen LogP contribution in [0, 0.1) is 0 Å². The summed E-state index contributed by atoms with van der Waals surface area (Å²) in [6.45, 7) is 0.370. The first kappa shape index (κ1) is 33.1. The minimum absolute atomic E-state index is 0.0224. The van der Waals surface area contributed by atoms with E-state index in [1.807, 2.05) is 0 Å². The number of hydrogen-bond acceptors (Lipinski definition) is 8. The molecule has 0 radical (unpaired) electrons. The van der Waals surface area contributed by atoms with Gasteiger partial charge >= 0.3 is 0 Å². The number of phenols is 2. The standard InChI is InChI=1S/C30H42N6O7/c31-30(32)33-15-1-3-21(18-37)34-27(41)25-4-2-16-36(25)29(43)24(14-9-19-5-10-22(38)11-6-19)35-28(42)26(40)17-20-7-12-23(39)13-8-20/h5-8,10-13,21,24-26,37-40H,1-4,9,14-18H2,(H,34,41)(H,35,42)(H4,31,32,33)/t21?,24-,25+,26-/m1/s1. The smallest absolute Gasteiger partial charge is 0.249 e. The van der Waals surface area contributed by atoms with Gasteiger partial charge in [0.25, 0.3) is 0 Å². The molecule has 0 spiro atoms. The minimum Gasteiger partial charge on any atom is -0.508 e. The SMILES string of the molecule is NC(N)=NCCCC(CO)NC(=O)[C@@H]1CCCN1C(=O)[C@@H](CCc1ccc(O)cc1)NC(=O)[C@H](O)Cc1ccc(O)cc1. The van der Waals surface area contributed by atoms with Crippen LogP contribution in [-0.2, 0) is 27.2 Å². The van der Waals surface area contributed by atoms with Crippen LogP contribution >= 0.6 is 0 Å². The number of hydrogen-bond donors (Lipinski definition) is 8. The molecular formula is C30H42N6O7. The number of aliphatic hydroxyl groups is 2. The number of nitrogens with one attached hydrogen (secondary N) is 2. The summed E-state index contributed by atoms with van der Waals surface area (Å²) in [5.74, 6) is -1.46. The van der Waals surface area contributed by atoms with E-state index in [0.29, 0.717) is 50.8 Å². The molecule has 10 N–H and O–H groups in total. The van der Waals surface area contributed by atoms with Gasteiger partial charge in [-0.05, 0) is 73.9 Å². The summed E-state index contributed by atoms with van der Waals surface area (Å²) in [7, 11) is 0. The normalized spacial score (nSPS) is 16.6. The van der Waals surface area contributed by atoms with Gasteiger partial charge < -0.3 is 47.4 Å². The van der Waals surface area contributed by atoms with Crippen molar-refractivity contribution < 1.29 is 34.8 Å². The molecule has 1 unspecified atom stereocenters. The molecule has 1 aliphatic heterocycles. The number of aliphatic imine (C=N–C) groups is 1. The summed E-state index contributed by atoms with van der Waals surface area (Å²) in [5, 5.41) is 45.0. The van der Waals surface area contributed by atoms with Crippen molar-refractivity contribution in [2.75, 3.05) is 19.7 Å². The van der Waals surface area contributed by atoms with Gasteiger partial charge in [-0.1, -0.05) is 24.3 Å². The van der Waals surface area contributed by atoms with Gasteiger partial charge in [0.2, 0.25) is 17.7 Å². The number of likely N-dealkylation sites (tertiary alicyclic amines) is 1. The highest BCUT2D eigenvalue weighted by atomic mass is 16.3. The number of nitrogens with zero attached hydrogens (tertiary/aromatic N) is 2. The summed E-state index contributed by atoms with van der Waals surface area (Å²) >= 11 is 0. The summed E-state index contributed by atoms with van der Waals surface area (Å²) in [5.41, 5.74) is 12.1. The molecule has 0 saturated carbocycles. The van der Waals surface area contributed by atoms with Crippen LogP contribution in [0.1, 0.15) is 43.2 Å². The van der Waals surface area contributed by atoms with Gasteiger partial charge in [-0.2, -0.15) is 0 Å². The molecule has 0 aliphatic carbocycles. The average Bonchev–Trinajstić information content (AvgIpc) is 3.48. The molecule has 2 aromatic carbocycles. The van der Waals surface area contributed by atoms with E-state index in [1.54, 1.807) is 24.3 Å². The highest BCUT2D eigenvalue weighted by Crippen LogP contribution is 2.21. The molecule has 1 heterocycles. The Kier molecular flexibility index (Phi) is 12.6. The first-order valence-electron chi connectivity index (χ1n) is 14.4. The third-order valence-electron chi connectivity index (χ3n) is 7.35. The molecule has 13 nitrogen and oxygen atoms in total. The predicted octanol–water partition coefficient (Wildman–Crippen LogP) is -0.359. The molecular weight excluding hydrogens is 556 g/mol. The lowest BCUT2D eigenvalue weighted by Gasteiger charge is -2.30. The Morgan fingerprint density at radius 3 is 2.19 bits per heavy atom. The van der Waals surface area contributed by atoms with E-state index in [2.05, 4.69) is 15.6 Å². The van der Waals surface area contributed by atoms with Gasteiger partial charge in [0.15, 0.2) is 5.96 Å². The van der Waals surface area contributed by atoms with E-state index in [-0.39, 0.29) is 36.9 Å². The number of benzene rings is 2. The van der Waals surface area contributed by atoms with Crippen molar-refractivity contribution >= 4 is 23.7 Å². The second kappa shape index (κ2) is 16.3. The van der Waals surface area contributed by atoms with Crippen LogP contribution in [0.2, 0.25) is 0 Å². The van der Waals surface area contributed by atoms with Crippen LogP contribution in [0.3, 0.4) is 0 Å². The molecule has 3 rings (SSSR count). The fourth-order valence-electron chi connectivity index (χ4n) is 5.00. The molecule has 1 aliphatic rings. The van der Waals surface area contributed by atoms with Crippen molar-refractivity contribution in [1.82, 2.24) is 15.5 Å². The number of phenolic OH excluding ortho intramolecular Hbond substituents is 2. The van der Waals surface area contributed by atoms with Gasteiger partial charge in [-0.25, -0.2) is 0 Å². The second-order valence-electron chi connectivity index (χ2n) is 10.7. The maximum atomic E-state index is 13.8. The van der Waals surface area contributed by atoms with Crippen LogP contribution in [0.25, 0.3) is 0 Å². The number of aliphatic hydroxyl groups excluding tert-OH is 2. The second-order valence-corrected chi connectivity index (χ2v) is 10.7. The van der Waals surface area contributed by atoms with Gasteiger partial charge in [0.1, 0.15) is 29.7 Å². The van der Waals surface area contributed by atoms with Crippen molar-refractivity contribution in [2.45, 2.75) is 69.2 Å². The molecule has 234 valence electrons. The molecule has 43 heavy (non-hydrogen) atoms. The quantitative estimate of drug-likeness (QED) is 0.0760. The summed E-state index contributed by atoms with van der Waals surface area (Å²) in [6.07, 6.45) is 1.08. The van der Waals surface area contributed by atoms with E-state index in [9.17, 15) is 34.8 Å². The Hall–Kier alpha value is -4.36. The number of carbonyl (C=O) groups excluding carboxylic acids is 3. The lowest BCUT2D eigenvalue weighted by Crippen LogP contribution is -2.56. The van der Waals surface area contributed by atoms with Crippen LogP contribution in [-0.4, -0.2) is 92.9 Å². The molecule has 0 bridgehead atoms. The molecule has 0 aromatic heterocycles. The van der Waals surface area contributed by atoms with E-state index < -0.39 is 42.0 Å². The van der Waals surface area contributed by atoms with Gasteiger partial charge in [-0.3, -0.25) is 19.4 Å². The van der Waals surface area contributed by atoms with Crippen molar-refractivity contribution in [2.24, 2.45) is 16.5 Å². The maximum Gasteiger partial charge on any atom is 0.249 e. The summed E-state index contributed by atoms with van der Waals surface area (Å²) in [4.78, 5) is 45.4. The van der Waals surface area contributed by atoms with Gasteiger partial charge in [0, 0.05) is 19.5 Å². The largest absolute Gasteiger partial charge is 0.508 e. The monoisotopic (exact) mass is 598 g/mol. The minimum atomic E-state index is -1.45. The Morgan fingerprint density at radius 1 is 0.953 bits per heavy atom. The molecule has 3 amide bonds. The van der Waals surface area contributed by atoms with Crippen LogP contribution in [0.5, 0.6) is 11.5 Å². The fraction of sp³-hybridized carbons (Fsp3) is 0.467. The Labute approximate surface area is 250 Å². The van der Waals surface area contributed by atoms with E-state index in [0.717, 1.165) is 5.56 Å². The van der Waals surface area contributed by atoms with Crippen LogP contribution in [0.15, 0.2) is 53.5 Å². The Balaban J connectivity index is 1.69. The maximum absolute atomic E-state index is 13.8. The topological polar surface area (TPSA) is 224 Å². The summed E-state index contributed by atoms with van der Waals surface area (Å²) in [6, 6.07) is 10.2. The number of amides is 3. The number of rotatable bonds is 15. The molecule has 4 atom stereocenters.